The fourth-order valence-electron chi connectivity index (χ4n) is 3.47. The molecule has 1 fully saturated rings. The Morgan fingerprint density at radius 2 is 2.08 bits per heavy atom. The summed E-state index contributed by atoms with van der Waals surface area (Å²) >= 11 is 0. The zero-order valence-electron chi connectivity index (χ0n) is 14.9. The highest BCUT2D eigenvalue weighted by atomic mass is 19.1. The van der Waals surface area contributed by atoms with Gasteiger partial charge in [-0.15, -0.1) is 0 Å². The van der Waals surface area contributed by atoms with E-state index in [0.29, 0.717) is 5.41 Å². The maximum atomic E-state index is 13.2. The molecule has 0 radical (unpaired) electrons. The van der Waals surface area contributed by atoms with Gasteiger partial charge in [-0.05, 0) is 48.8 Å². The molecule has 1 aromatic rings. The highest BCUT2D eigenvalue weighted by Gasteiger charge is 2.33. The first-order valence-corrected chi connectivity index (χ1v) is 8.85. The van der Waals surface area contributed by atoms with Crippen LogP contribution in [0.3, 0.4) is 0 Å². The lowest BCUT2D eigenvalue weighted by molar-refractivity contribution is 0.138. The van der Waals surface area contributed by atoms with Crippen molar-refractivity contribution in [3.05, 3.63) is 35.6 Å². The molecule has 0 unspecified atom stereocenters. The Labute approximate surface area is 144 Å². The number of guanidine groups is 1. The number of benzene rings is 1. The van der Waals surface area contributed by atoms with Crippen molar-refractivity contribution in [1.29, 1.82) is 0 Å². The van der Waals surface area contributed by atoms with E-state index in [1.165, 1.54) is 31.7 Å². The molecule has 1 saturated carbocycles. The van der Waals surface area contributed by atoms with Gasteiger partial charge in [-0.1, -0.05) is 25.0 Å². The third-order valence-corrected chi connectivity index (χ3v) is 4.95. The molecule has 0 atom stereocenters. The first kappa shape index (κ1) is 18.7. The molecule has 0 heterocycles. The highest BCUT2D eigenvalue weighted by molar-refractivity contribution is 5.79. The van der Waals surface area contributed by atoms with Crippen LogP contribution in [0.5, 0.6) is 0 Å². The third kappa shape index (κ3) is 5.78. The van der Waals surface area contributed by atoms with Gasteiger partial charge in [0.05, 0.1) is 0 Å². The van der Waals surface area contributed by atoms with Crippen LogP contribution in [0.4, 0.5) is 4.39 Å². The van der Waals surface area contributed by atoms with Gasteiger partial charge in [-0.25, -0.2) is 4.39 Å². The Balaban J connectivity index is 1.77. The Hall–Kier alpha value is -1.62. The molecule has 24 heavy (non-hydrogen) atoms. The van der Waals surface area contributed by atoms with Crippen molar-refractivity contribution < 1.29 is 9.13 Å². The van der Waals surface area contributed by atoms with E-state index in [0.717, 1.165) is 44.1 Å². The predicted molar refractivity (Wildman–Crippen MR) is 96.9 cm³/mol. The molecule has 2 rings (SSSR count). The molecular formula is C19H30FN3O. The minimum absolute atomic E-state index is 0.184. The quantitative estimate of drug-likeness (QED) is 0.567. The van der Waals surface area contributed by atoms with Crippen molar-refractivity contribution in [2.45, 2.75) is 38.5 Å². The zero-order valence-corrected chi connectivity index (χ0v) is 14.9. The fourth-order valence-corrected chi connectivity index (χ4v) is 3.47. The molecule has 0 bridgehead atoms. The first-order valence-electron chi connectivity index (χ1n) is 8.85. The zero-order chi connectivity index (χ0) is 17.3. The molecule has 4 nitrogen and oxygen atoms in total. The number of nitrogens with zero attached hydrogens (tertiary/aromatic N) is 1. The van der Waals surface area contributed by atoms with Crippen LogP contribution in [0.2, 0.25) is 0 Å². The summed E-state index contributed by atoms with van der Waals surface area (Å²) in [5.74, 6) is 0.631. The Kier molecular flexibility index (Phi) is 7.50. The Morgan fingerprint density at radius 3 is 2.75 bits per heavy atom. The van der Waals surface area contributed by atoms with Crippen LogP contribution in [-0.2, 0) is 11.2 Å². The van der Waals surface area contributed by atoms with Crippen LogP contribution in [0.25, 0.3) is 0 Å². The van der Waals surface area contributed by atoms with Crippen LogP contribution >= 0.6 is 0 Å². The van der Waals surface area contributed by atoms with Gasteiger partial charge >= 0.3 is 0 Å². The molecular weight excluding hydrogens is 305 g/mol. The van der Waals surface area contributed by atoms with E-state index in [4.69, 9.17) is 4.74 Å². The minimum atomic E-state index is -0.184. The van der Waals surface area contributed by atoms with E-state index in [1.807, 2.05) is 6.07 Å². The number of nitrogens with one attached hydrogen (secondary N) is 2. The molecule has 2 N–H and O–H groups in total. The number of aliphatic imine (C=N–C) groups is 1. The molecule has 0 saturated heterocycles. The molecule has 0 aromatic heterocycles. The average molecular weight is 335 g/mol. The summed E-state index contributed by atoms with van der Waals surface area (Å²) in [5, 5.41) is 6.79. The molecule has 134 valence electrons. The van der Waals surface area contributed by atoms with E-state index >= 15 is 0 Å². The monoisotopic (exact) mass is 335 g/mol. The van der Waals surface area contributed by atoms with Gasteiger partial charge in [0, 0.05) is 33.9 Å². The number of halogens is 1. The van der Waals surface area contributed by atoms with E-state index in [1.54, 1.807) is 26.3 Å². The second-order valence-corrected chi connectivity index (χ2v) is 6.68. The van der Waals surface area contributed by atoms with Crippen LogP contribution in [0.15, 0.2) is 29.3 Å². The lowest BCUT2D eigenvalue weighted by atomic mass is 9.83. The molecule has 0 aliphatic heterocycles. The minimum Gasteiger partial charge on any atom is -0.385 e. The van der Waals surface area contributed by atoms with Gasteiger partial charge in [0.15, 0.2) is 5.96 Å². The maximum absolute atomic E-state index is 13.2. The largest absolute Gasteiger partial charge is 0.385 e. The van der Waals surface area contributed by atoms with Crippen molar-refractivity contribution in [2.24, 2.45) is 10.4 Å². The SMILES string of the molecule is CN=C(NCCc1cccc(F)c1)NCC1(CCOC)CCCC1. The van der Waals surface area contributed by atoms with E-state index in [-0.39, 0.29) is 5.82 Å². The van der Waals surface area contributed by atoms with Crippen molar-refractivity contribution in [3.8, 4) is 0 Å². The normalized spacial score (nSPS) is 17.0. The average Bonchev–Trinajstić information content (AvgIpc) is 3.05. The van der Waals surface area contributed by atoms with Gasteiger partial charge in [0.25, 0.3) is 0 Å². The predicted octanol–water partition coefficient (Wildman–Crippen LogP) is 3.13. The Morgan fingerprint density at radius 1 is 1.29 bits per heavy atom. The number of hydrogen-bond donors (Lipinski definition) is 2. The van der Waals surface area contributed by atoms with E-state index in [9.17, 15) is 4.39 Å². The van der Waals surface area contributed by atoms with E-state index < -0.39 is 0 Å². The molecule has 0 spiro atoms. The van der Waals surface area contributed by atoms with Gasteiger partial charge < -0.3 is 15.4 Å². The topological polar surface area (TPSA) is 45.7 Å². The number of ether oxygens (including phenoxy) is 1. The second kappa shape index (κ2) is 9.62. The van der Waals surface area contributed by atoms with Crippen LogP contribution in [0.1, 0.15) is 37.7 Å². The first-order chi connectivity index (χ1) is 11.7. The number of hydrogen-bond acceptors (Lipinski definition) is 2. The summed E-state index contributed by atoms with van der Waals surface area (Å²) < 4.78 is 18.5. The smallest absolute Gasteiger partial charge is 0.191 e. The molecule has 1 aliphatic carbocycles. The van der Waals surface area contributed by atoms with Crippen molar-refractivity contribution >= 4 is 5.96 Å². The number of rotatable bonds is 8. The van der Waals surface area contributed by atoms with Crippen molar-refractivity contribution in [1.82, 2.24) is 10.6 Å². The molecule has 5 heteroatoms. The Bertz CT molecular complexity index is 527. The van der Waals surface area contributed by atoms with Crippen LogP contribution in [0, 0.1) is 11.2 Å². The maximum Gasteiger partial charge on any atom is 0.191 e. The highest BCUT2D eigenvalue weighted by Crippen LogP contribution is 2.40. The van der Waals surface area contributed by atoms with Gasteiger partial charge in [-0.2, -0.15) is 0 Å². The van der Waals surface area contributed by atoms with E-state index in [2.05, 4.69) is 15.6 Å². The standard InChI is InChI=1S/C19H30FN3O/c1-21-18(22-12-8-16-6-5-7-17(20)14-16)23-15-19(11-13-24-2)9-3-4-10-19/h5-7,14H,3-4,8-13,15H2,1-2H3,(H2,21,22,23). The van der Waals surface area contributed by atoms with Crippen molar-refractivity contribution in [2.75, 3.05) is 33.9 Å². The number of methoxy groups -OCH3 is 1. The summed E-state index contributed by atoms with van der Waals surface area (Å²) in [6.45, 7) is 2.47. The molecule has 1 aromatic carbocycles. The van der Waals surface area contributed by atoms with Gasteiger partial charge in [-0.3, -0.25) is 4.99 Å². The summed E-state index contributed by atoms with van der Waals surface area (Å²) in [7, 11) is 3.55. The van der Waals surface area contributed by atoms with Gasteiger partial charge in [0.1, 0.15) is 5.82 Å². The summed E-state index contributed by atoms with van der Waals surface area (Å²) in [4.78, 5) is 4.30. The summed E-state index contributed by atoms with van der Waals surface area (Å²) in [6, 6.07) is 6.74. The molecule has 0 amide bonds. The molecule has 1 aliphatic rings. The summed E-state index contributed by atoms with van der Waals surface area (Å²) in [6.07, 6.45) is 6.98. The summed E-state index contributed by atoms with van der Waals surface area (Å²) in [5.41, 5.74) is 1.32. The van der Waals surface area contributed by atoms with Crippen LogP contribution in [-0.4, -0.2) is 39.8 Å². The van der Waals surface area contributed by atoms with Gasteiger partial charge in [0.2, 0.25) is 0 Å². The fraction of sp³-hybridized carbons (Fsp3) is 0.632. The third-order valence-electron chi connectivity index (χ3n) is 4.95. The van der Waals surface area contributed by atoms with Crippen molar-refractivity contribution in [3.63, 3.8) is 0 Å². The lowest BCUT2D eigenvalue weighted by Gasteiger charge is -2.30. The lowest BCUT2D eigenvalue weighted by Crippen LogP contribution is -2.43. The van der Waals surface area contributed by atoms with Crippen LogP contribution < -0.4 is 10.6 Å². The second-order valence-electron chi connectivity index (χ2n) is 6.68.